The number of rotatable bonds is 3. The molecule has 1 aromatic rings. The average molecular weight is 348 g/mol. The standard InChI is InChI=1S/C12H16Br2N2/c1-2-15-10-5-6-16(8-10)12-7-9(13)3-4-11(12)14/h3-4,7,10,15H,2,5-6,8H2,1H3. The van der Waals surface area contributed by atoms with Crippen molar-refractivity contribution in [1.29, 1.82) is 0 Å². The van der Waals surface area contributed by atoms with Crippen molar-refractivity contribution in [2.45, 2.75) is 19.4 Å². The molecule has 0 spiro atoms. The number of halogens is 2. The summed E-state index contributed by atoms with van der Waals surface area (Å²) in [6, 6.07) is 6.97. The van der Waals surface area contributed by atoms with Gasteiger partial charge in [0.15, 0.2) is 0 Å². The van der Waals surface area contributed by atoms with Crippen LogP contribution in [0.2, 0.25) is 0 Å². The zero-order valence-corrected chi connectivity index (χ0v) is 12.5. The van der Waals surface area contributed by atoms with Crippen molar-refractivity contribution < 1.29 is 0 Å². The first-order valence-electron chi connectivity index (χ1n) is 5.64. The maximum atomic E-state index is 3.62. The van der Waals surface area contributed by atoms with Crippen LogP contribution in [0.1, 0.15) is 13.3 Å². The Hall–Kier alpha value is -0.0600. The zero-order chi connectivity index (χ0) is 11.5. The molecule has 1 aliphatic rings. The van der Waals surface area contributed by atoms with Gasteiger partial charge in [-0.1, -0.05) is 22.9 Å². The van der Waals surface area contributed by atoms with Gasteiger partial charge in [0.2, 0.25) is 0 Å². The second kappa shape index (κ2) is 5.52. The van der Waals surface area contributed by atoms with E-state index < -0.39 is 0 Å². The van der Waals surface area contributed by atoms with Gasteiger partial charge < -0.3 is 10.2 Å². The van der Waals surface area contributed by atoms with Gasteiger partial charge in [-0.05, 0) is 47.1 Å². The molecule has 0 saturated carbocycles. The first-order chi connectivity index (χ1) is 7.70. The van der Waals surface area contributed by atoms with E-state index in [4.69, 9.17) is 0 Å². The average Bonchev–Trinajstić information content (AvgIpc) is 2.71. The van der Waals surface area contributed by atoms with E-state index in [1.807, 2.05) is 0 Å². The summed E-state index contributed by atoms with van der Waals surface area (Å²) in [6.07, 6.45) is 1.23. The molecule has 1 saturated heterocycles. The molecule has 1 fully saturated rings. The van der Waals surface area contributed by atoms with Crippen LogP contribution in [0.3, 0.4) is 0 Å². The molecule has 4 heteroatoms. The van der Waals surface area contributed by atoms with Crippen molar-refractivity contribution >= 4 is 37.5 Å². The van der Waals surface area contributed by atoms with Gasteiger partial charge in [-0.25, -0.2) is 0 Å². The van der Waals surface area contributed by atoms with Gasteiger partial charge in [-0.3, -0.25) is 0 Å². The predicted octanol–water partition coefficient (Wildman–Crippen LogP) is 3.40. The Morgan fingerprint density at radius 2 is 2.25 bits per heavy atom. The number of hydrogen-bond acceptors (Lipinski definition) is 2. The molecule has 1 aromatic carbocycles. The van der Waals surface area contributed by atoms with Gasteiger partial charge in [0.25, 0.3) is 0 Å². The van der Waals surface area contributed by atoms with Gasteiger partial charge in [0.1, 0.15) is 0 Å². The molecule has 0 bridgehead atoms. The third kappa shape index (κ3) is 2.79. The van der Waals surface area contributed by atoms with E-state index >= 15 is 0 Å². The van der Waals surface area contributed by atoms with Crippen LogP contribution in [0.25, 0.3) is 0 Å². The van der Waals surface area contributed by atoms with Crippen molar-refractivity contribution in [2.24, 2.45) is 0 Å². The highest BCUT2D eigenvalue weighted by Crippen LogP contribution is 2.31. The number of hydrogen-bond donors (Lipinski definition) is 1. The smallest absolute Gasteiger partial charge is 0.0522 e. The molecule has 2 nitrogen and oxygen atoms in total. The lowest BCUT2D eigenvalue weighted by atomic mass is 10.2. The third-order valence-electron chi connectivity index (χ3n) is 2.93. The highest BCUT2D eigenvalue weighted by Gasteiger charge is 2.23. The van der Waals surface area contributed by atoms with Crippen LogP contribution >= 0.6 is 31.9 Å². The Morgan fingerprint density at radius 3 is 3.00 bits per heavy atom. The van der Waals surface area contributed by atoms with Crippen LogP contribution in [-0.2, 0) is 0 Å². The van der Waals surface area contributed by atoms with Gasteiger partial charge in [-0.2, -0.15) is 0 Å². The lowest BCUT2D eigenvalue weighted by Crippen LogP contribution is -2.32. The fourth-order valence-corrected chi connectivity index (χ4v) is 3.01. The molecule has 0 aromatic heterocycles. The van der Waals surface area contributed by atoms with Crippen LogP contribution in [-0.4, -0.2) is 25.7 Å². The van der Waals surface area contributed by atoms with Gasteiger partial charge in [-0.15, -0.1) is 0 Å². The lowest BCUT2D eigenvalue weighted by Gasteiger charge is -2.20. The second-order valence-corrected chi connectivity index (χ2v) is 5.86. The van der Waals surface area contributed by atoms with Crippen LogP contribution < -0.4 is 10.2 Å². The second-order valence-electron chi connectivity index (χ2n) is 4.09. The molecule has 88 valence electrons. The van der Waals surface area contributed by atoms with Crippen molar-refractivity contribution in [1.82, 2.24) is 5.32 Å². The minimum Gasteiger partial charge on any atom is -0.369 e. The summed E-state index contributed by atoms with van der Waals surface area (Å²) < 4.78 is 2.31. The van der Waals surface area contributed by atoms with E-state index in [9.17, 15) is 0 Å². The number of nitrogens with one attached hydrogen (secondary N) is 1. The maximum absolute atomic E-state index is 3.62. The number of nitrogens with zero attached hydrogens (tertiary/aromatic N) is 1. The van der Waals surface area contributed by atoms with Crippen molar-refractivity contribution in [3.05, 3.63) is 27.1 Å². The van der Waals surface area contributed by atoms with E-state index in [1.54, 1.807) is 0 Å². The molecule has 1 atom stereocenters. The quantitative estimate of drug-likeness (QED) is 0.901. The molecule has 2 rings (SSSR count). The SMILES string of the molecule is CCNC1CCN(c2cc(Br)ccc2Br)C1. The Morgan fingerprint density at radius 1 is 1.44 bits per heavy atom. The zero-order valence-electron chi connectivity index (χ0n) is 9.34. The summed E-state index contributed by atoms with van der Waals surface area (Å²) in [5, 5.41) is 3.51. The fraction of sp³-hybridized carbons (Fsp3) is 0.500. The van der Waals surface area contributed by atoms with Crippen LogP contribution in [0, 0.1) is 0 Å². The molecule has 16 heavy (non-hydrogen) atoms. The highest BCUT2D eigenvalue weighted by molar-refractivity contribution is 9.11. The largest absolute Gasteiger partial charge is 0.369 e. The summed E-state index contributed by atoms with van der Waals surface area (Å²) in [6.45, 7) is 5.45. The normalized spacial score (nSPS) is 20.4. The third-order valence-corrected chi connectivity index (χ3v) is 4.09. The molecular formula is C12H16Br2N2. The summed E-state index contributed by atoms with van der Waals surface area (Å²) in [5.74, 6) is 0. The molecule has 0 aliphatic carbocycles. The number of anilines is 1. The predicted molar refractivity (Wildman–Crippen MR) is 76.1 cm³/mol. The Bertz CT molecular complexity index is 368. The molecular weight excluding hydrogens is 332 g/mol. The Labute approximate surface area is 114 Å². The van der Waals surface area contributed by atoms with Crippen LogP contribution in [0.15, 0.2) is 27.1 Å². The van der Waals surface area contributed by atoms with Gasteiger partial charge >= 0.3 is 0 Å². The first kappa shape index (κ1) is 12.4. The topological polar surface area (TPSA) is 15.3 Å². The Kier molecular flexibility index (Phi) is 4.27. The minimum atomic E-state index is 0.635. The summed E-state index contributed by atoms with van der Waals surface area (Å²) in [7, 11) is 0. The van der Waals surface area contributed by atoms with E-state index in [0.29, 0.717) is 6.04 Å². The van der Waals surface area contributed by atoms with E-state index in [-0.39, 0.29) is 0 Å². The highest BCUT2D eigenvalue weighted by atomic mass is 79.9. The summed E-state index contributed by atoms with van der Waals surface area (Å²) in [4.78, 5) is 2.43. The minimum absolute atomic E-state index is 0.635. The molecule has 1 heterocycles. The van der Waals surface area contributed by atoms with Crippen molar-refractivity contribution in [2.75, 3.05) is 24.5 Å². The first-order valence-corrected chi connectivity index (χ1v) is 7.22. The molecule has 0 radical (unpaired) electrons. The van der Waals surface area contributed by atoms with Crippen molar-refractivity contribution in [3.8, 4) is 0 Å². The van der Waals surface area contributed by atoms with Crippen molar-refractivity contribution in [3.63, 3.8) is 0 Å². The van der Waals surface area contributed by atoms with Gasteiger partial charge in [0.05, 0.1) is 5.69 Å². The number of benzene rings is 1. The molecule has 1 aliphatic heterocycles. The molecule has 1 unspecified atom stereocenters. The van der Waals surface area contributed by atoms with Crippen LogP contribution in [0.5, 0.6) is 0 Å². The summed E-state index contributed by atoms with van der Waals surface area (Å²) >= 11 is 7.14. The number of likely N-dealkylation sites (N-methyl/N-ethyl adjacent to an activating group) is 1. The maximum Gasteiger partial charge on any atom is 0.0522 e. The molecule has 1 N–H and O–H groups in total. The lowest BCUT2D eigenvalue weighted by molar-refractivity contribution is 0.572. The summed E-state index contributed by atoms with van der Waals surface area (Å²) in [5.41, 5.74) is 1.29. The monoisotopic (exact) mass is 346 g/mol. The Balaban J connectivity index is 2.11. The van der Waals surface area contributed by atoms with E-state index in [2.05, 4.69) is 67.2 Å². The van der Waals surface area contributed by atoms with E-state index in [0.717, 1.165) is 24.1 Å². The molecule has 0 amide bonds. The van der Waals surface area contributed by atoms with E-state index in [1.165, 1.54) is 16.6 Å². The fourth-order valence-electron chi connectivity index (χ4n) is 2.16. The van der Waals surface area contributed by atoms with Gasteiger partial charge in [0, 0.05) is 28.1 Å². The van der Waals surface area contributed by atoms with Crippen LogP contribution in [0.4, 0.5) is 5.69 Å².